The number of rotatable bonds is 0. The monoisotopic (exact) mass is 438 g/mol. The number of benzene rings is 2. The van der Waals surface area contributed by atoms with Gasteiger partial charge in [0, 0.05) is 18.5 Å². The minimum absolute atomic E-state index is 0.824. The molecular weight excluding hydrogens is 426 g/mol. The molecule has 0 heterocycles. The molecule has 0 aromatic heterocycles. The lowest BCUT2D eigenvalue weighted by molar-refractivity contribution is 1.63. The molecule has 2 aromatic carbocycles. The van der Waals surface area contributed by atoms with E-state index in [0.29, 0.717) is 0 Å². The van der Waals surface area contributed by atoms with Crippen LogP contribution in [0.1, 0.15) is 0 Å². The maximum atomic E-state index is 5.51. The molecule has 0 aliphatic rings. The summed E-state index contributed by atoms with van der Waals surface area (Å²) in [4.78, 5) is 0. The molecule has 2 nitrogen and oxygen atoms in total. The van der Waals surface area contributed by atoms with Gasteiger partial charge in [-0.3, -0.25) is 0 Å². The molecule has 0 atom stereocenters. The largest absolute Gasteiger partial charge is 0.399 e. The minimum atomic E-state index is 0.824. The molecule has 0 aliphatic heterocycles. The van der Waals surface area contributed by atoms with Crippen molar-refractivity contribution < 1.29 is 0 Å². The van der Waals surface area contributed by atoms with Gasteiger partial charge in [-0.25, -0.2) is 0 Å². The van der Waals surface area contributed by atoms with Crippen molar-refractivity contribution in [3.05, 3.63) is 55.7 Å². The Kier molecular flexibility index (Phi) is 5.89. The van der Waals surface area contributed by atoms with Crippen LogP contribution in [-0.2, 0) is 0 Å². The maximum Gasteiger partial charge on any atom is 0.0449 e. The minimum Gasteiger partial charge on any atom is -0.399 e. The van der Waals surface area contributed by atoms with Gasteiger partial charge in [0.25, 0.3) is 0 Å². The van der Waals surface area contributed by atoms with Crippen molar-refractivity contribution in [3.63, 3.8) is 0 Å². The molecule has 4 N–H and O–H groups in total. The molecule has 0 radical (unpaired) electrons. The molecule has 0 saturated heterocycles. The normalized spacial score (nSPS) is 9.12. The predicted molar refractivity (Wildman–Crippen MR) is 87.1 cm³/mol. The molecule has 2 rings (SSSR count). The second-order valence-electron chi connectivity index (χ2n) is 3.07. The van der Waals surface area contributed by atoms with Gasteiger partial charge in [0.15, 0.2) is 0 Å². The Morgan fingerprint density at radius 1 is 0.750 bits per heavy atom. The third-order valence-electron chi connectivity index (χ3n) is 1.78. The Hall–Kier alpha value is -0.500. The zero-order chi connectivity index (χ0) is 12.0. The lowest BCUT2D eigenvalue weighted by Gasteiger charge is -1.91. The van der Waals surface area contributed by atoms with Crippen LogP contribution in [-0.4, -0.2) is 0 Å². The van der Waals surface area contributed by atoms with Gasteiger partial charge in [-0.2, -0.15) is 0 Å². The van der Waals surface area contributed by atoms with Gasteiger partial charge in [-0.05, 0) is 81.6 Å². The number of halogens is 2. The van der Waals surface area contributed by atoms with E-state index in [1.165, 1.54) is 3.57 Å². The first-order valence-corrected chi connectivity index (χ1v) is 6.76. The fourth-order valence-electron chi connectivity index (χ4n) is 0.938. The standard InChI is InChI=1S/2C6H6IN/c7-5-1-3-6(8)4-2-5;7-5-3-1-2-4-6(5)8/h2*1-4H,8H2. The van der Waals surface area contributed by atoms with Crippen molar-refractivity contribution in [2.75, 3.05) is 11.5 Å². The van der Waals surface area contributed by atoms with Crippen molar-refractivity contribution in [1.29, 1.82) is 0 Å². The number of nitrogen functional groups attached to an aromatic ring is 2. The fourth-order valence-corrected chi connectivity index (χ4v) is 1.68. The molecule has 4 heteroatoms. The van der Waals surface area contributed by atoms with Gasteiger partial charge in [0.1, 0.15) is 0 Å². The summed E-state index contributed by atoms with van der Waals surface area (Å²) in [6.45, 7) is 0. The smallest absolute Gasteiger partial charge is 0.0449 e. The Balaban J connectivity index is 0.000000160. The number of anilines is 2. The molecule has 0 aliphatic carbocycles. The average Bonchev–Trinajstić information content (AvgIpc) is 2.28. The molecule has 0 amide bonds. The SMILES string of the molecule is Nc1ccc(I)cc1.Nc1ccccc1I. The third-order valence-corrected chi connectivity index (χ3v) is 3.48. The molecule has 84 valence electrons. The zero-order valence-corrected chi connectivity index (χ0v) is 12.8. The first kappa shape index (κ1) is 13.6. The molecule has 16 heavy (non-hydrogen) atoms. The first-order valence-electron chi connectivity index (χ1n) is 4.60. The zero-order valence-electron chi connectivity index (χ0n) is 8.53. The van der Waals surface area contributed by atoms with E-state index in [1.807, 2.05) is 48.5 Å². The van der Waals surface area contributed by atoms with E-state index in [2.05, 4.69) is 45.2 Å². The number of hydrogen-bond donors (Lipinski definition) is 2. The van der Waals surface area contributed by atoms with E-state index in [0.717, 1.165) is 14.9 Å². The summed E-state index contributed by atoms with van der Waals surface area (Å²) in [5.74, 6) is 0. The van der Waals surface area contributed by atoms with E-state index in [4.69, 9.17) is 11.5 Å². The molecule has 0 unspecified atom stereocenters. The van der Waals surface area contributed by atoms with E-state index in [1.54, 1.807) is 0 Å². The lowest BCUT2D eigenvalue weighted by atomic mass is 10.3. The maximum absolute atomic E-state index is 5.51. The van der Waals surface area contributed by atoms with Crippen molar-refractivity contribution in [2.45, 2.75) is 0 Å². The lowest BCUT2D eigenvalue weighted by Crippen LogP contribution is -1.85. The van der Waals surface area contributed by atoms with Crippen molar-refractivity contribution in [1.82, 2.24) is 0 Å². The van der Waals surface area contributed by atoms with Crippen molar-refractivity contribution in [2.24, 2.45) is 0 Å². The van der Waals surface area contributed by atoms with E-state index < -0.39 is 0 Å². The van der Waals surface area contributed by atoms with Crippen molar-refractivity contribution >= 4 is 56.6 Å². The number of nitrogens with two attached hydrogens (primary N) is 2. The Labute approximate surface area is 123 Å². The molecule has 0 saturated carbocycles. The van der Waals surface area contributed by atoms with E-state index in [9.17, 15) is 0 Å². The van der Waals surface area contributed by atoms with Gasteiger partial charge in [0.2, 0.25) is 0 Å². The van der Waals surface area contributed by atoms with E-state index >= 15 is 0 Å². The number of hydrogen-bond acceptors (Lipinski definition) is 2. The fraction of sp³-hybridized carbons (Fsp3) is 0. The first-order chi connectivity index (χ1) is 7.59. The molecule has 0 spiro atoms. The molecular formula is C12H12I2N2. The van der Waals surface area contributed by atoms with Crippen LogP contribution < -0.4 is 11.5 Å². The van der Waals surface area contributed by atoms with Crippen LogP contribution in [0.3, 0.4) is 0 Å². The van der Waals surface area contributed by atoms with Crippen LogP contribution in [0.5, 0.6) is 0 Å². The van der Waals surface area contributed by atoms with Crippen molar-refractivity contribution in [3.8, 4) is 0 Å². The van der Waals surface area contributed by atoms with Crippen LogP contribution in [0, 0.1) is 7.14 Å². The Morgan fingerprint density at radius 2 is 1.31 bits per heavy atom. The summed E-state index contributed by atoms with van der Waals surface area (Å²) in [5, 5.41) is 0. The summed E-state index contributed by atoms with van der Waals surface area (Å²) in [6, 6.07) is 15.5. The van der Waals surface area contributed by atoms with Gasteiger partial charge in [0.05, 0.1) is 0 Å². The quantitative estimate of drug-likeness (QED) is 0.487. The van der Waals surface area contributed by atoms with Gasteiger partial charge < -0.3 is 11.5 Å². The highest BCUT2D eigenvalue weighted by Gasteiger charge is 1.86. The second kappa shape index (κ2) is 6.95. The summed E-state index contributed by atoms with van der Waals surface area (Å²) in [7, 11) is 0. The van der Waals surface area contributed by atoms with E-state index in [-0.39, 0.29) is 0 Å². The topological polar surface area (TPSA) is 52.0 Å². The van der Waals surface area contributed by atoms with Crippen LogP contribution in [0.15, 0.2) is 48.5 Å². The van der Waals surface area contributed by atoms with Crippen LogP contribution in [0.4, 0.5) is 11.4 Å². The average molecular weight is 438 g/mol. The second-order valence-corrected chi connectivity index (χ2v) is 5.48. The number of para-hydroxylation sites is 1. The molecule has 2 aromatic rings. The highest BCUT2D eigenvalue weighted by Crippen LogP contribution is 2.11. The summed E-state index contributed by atoms with van der Waals surface area (Å²) in [6.07, 6.45) is 0. The molecule has 0 fully saturated rings. The van der Waals surface area contributed by atoms with Crippen LogP contribution >= 0.6 is 45.2 Å². The van der Waals surface area contributed by atoms with Crippen LogP contribution in [0.25, 0.3) is 0 Å². The van der Waals surface area contributed by atoms with Gasteiger partial charge >= 0.3 is 0 Å². The highest BCUT2D eigenvalue weighted by atomic mass is 127. The van der Waals surface area contributed by atoms with Gasteiger partial charge in [-0.1, -0.05) is 12.1 Å². The molecule has 0 bridgehead atoms. The summed E-state index contributed by atoms with van der Waals surface area (Å²) >= 11 is 4.44. The summed E-state index contributed by atoms with van der Waals surface area (Å²) < 4.78 is 2.34. The third kappa shape index (κ3) is 5.02. The van der Waals surface area contributed by atoms with Crippen LogP contribution in [0.2, 0.25) is 0 Å². The Morgan fingerprint density at radius 3 is 1.69 bits per heavy atom. The Bertz CT molecular complexity index is 399. The van der Waals surface area contributed by atoms with Gasteiger partial charge in [-0.15, -0.1) is 0 Å². The summed E-state index contributed by atoms with van der Waals surface area (Å²) in [5.41, 5.74) is 12.6. The predicted octanol–water partition coefficient (Wildman–Crippen LogP) is 3.75. The highest BCUT2D eigenvalue weighted by molar-refractivity contribution is 14.1.